The molecule has 8 heteroatoms. The third-order valence-electron chi connectivity index (χ3n) is 4.32. The molecule has 3 aromatic rings. The van der Waals surface area contributed by atoms with Crippen molar-refractivity contribution >= 4 is 32.6 Å². The minimum absolute atomic E-state index is 0.0279. The first kappa shape index (κ1) is 16.0. The highest BCUT2D eigenvalue weighted by molar-refractivity contribution is 7.22. The molecular weight excluding hydrogens is 341 g/mol. The first-order valence-electron chi connectivity index (χ1n) is 8.19. The van der Waals surface area contributed by atoms with Gasteiger partial charge in [0.05, 0.1) is 11.0 Å². The molecule has 1 saturated heterocycles. The van der Waals surface area contributed by atoms with E-state index < -0.39 is 0 Å². The number of aromatic nitrogens is 3. The average molecular weight is 359 g/mol. The minimum Gasteiger partial charge on any atom is -0.346 e. The Morgan fingerprint density at radius 3 is 3.08 bits per heavy atom. The van der Waals surface area contributed by atoms with Crippen molar-refractivity contribution in [1.29, 1.82) is 0 Å². The lowest BCUT2D eigenvalue weighted by Crippen LogP contribution is -2.47. The fraction of sp³-hybridized carbons (Fsp3) is 0.353. The van der Waals surface area contributed by atoms with E-state index in [9.17, 15) is 9.18 Å². The van der Waals surface area contributed by atoms with Crippen LogP contribution in [0.5, 0.6) is 0 Å². The molecule has 1 fully saturated rings. The molecule has 0 radical (unpaired) electrons. The van der Waals surface area contributed by atoms with Crippen LogP contribution >= 0.6 is 11.3 Å². The van der Waals surface area contributed by atoms with Gasteiger partial charge in [0.15, 0.2) is 5.13 Å². The maximum atomic E-state index is 13.9. The molecule has 3 heterocycles. The van der Waals surface area contributed by atoms with E-state index >= 15 is 0 Å². The summed E-state index contributed by atoms with van der Waals surface area (Å²) in [5, 5.41) is 3.84. The number of hydrogen-bond acceptors (Lipinski definition) is 5. The molecule has 130 valence electrons. The molecule has 25 heavy (non-hydrogen) atoms. The van der Waals surface area contributed by atoms with Crippen LogP contribution in [-0.2, 0) is 7.05 Å². The second kappa shape index (κ2) is 6.44. The van der Waals surface area contributed by atoms with Gasteiger partial charge in [-0.2, -0.15) is 0 Å². The van der Waals surface area contributed by atoms with Gasteiger partial charge in [-0.25, -0.2) is 14.4 Å². The van der Waals surface area contributed by atoms with Crippen molar-refractivity contribution in [3.63, 3.8) is 0 Å². The maximum Gasteiger partial charge on any atom is 0.271 e. The molecule has 1 amide bonds. The minimum atomic E-state index is -0.294. The number of nitrogens with zero attached hydrogens (tertiary/aromatic N) is 4. The second-order valence-electron chi connectivity index (χ2n) is 6.27. The van der Waals surface area contributed by atoms with Gasteiger partial charge in [0.2, 0.25) is 0 Å². The summed E-state index contributed by atoms with van der Waals surface area (Å²) in [4.78, 5) is 22.9. The second-order valence-corrected chi connectivity index (χ2v) is 7.28. The standard InChI is InChI=1S/C17H18FN5OS/c1-22-9-13(19-10-22)16(24)20-11-4-3-7-23(8-11)17-21-15-12(18)5-2-6-14(15)25-17/h2,5-6,9-11H,3-4,7-8H2,1H3,(H,20,24). The van der Waals surface area contributed by atoms with Crippen LogP contribution in [-0.4, -0.2) is 39.6 Å². The van der Waals surface area contributed by atoms with Gasteiger partial charge in [-0.1, -0.05) is 17.4 Å². The van der Waals surface area contributed by atoms with Crippen molar-refractivity contribution in [2.45, 2.75) is 18.9 Å². The summed E-state index contributed by atoms with van der Waals surface area (Å²) in [6, 6.07) is 5.04. The lowest BCUT2D eigenvalue weighted by Gasteiger charge is -2.32. The number of aryl methyl sites for hydroxylation is 1. The van der Waals surface area contributed by atoms with Crippen molar-refractivity contribution in [3.05, 3.63) is 42.2 Å². The first-order valence-corrected chi connectivity index (χ1v) is 9.00. The SMILES string of the molecule is Cn1cnc(C(=O)NC2CCCN(c3nc4c(F)cccc4s3)C2)c1. The number of carbonyl (C=O) groups is 1. The molecular formula is C17H18FN5OS. The van der Waals surface area contributed by atoms with E-state index in [2.05, 4.69) is 20.2 Å². The number of anilines is 1. The van der Waals surface area contributed by atoms with Crippen molar-refractivity contribution in [1.82, 2.24) is 19.9 Å². The van der Waals surface area contributed by atoms with E-state index in [4.69, 9.17) is 0 Å². The van der Waals surface area contributed by atoms with Crippen LogP contribution in [0.2, 0.25) is 0 Å². The van der Waals surface area contributed by atoms with E-state index in [1.54, 1.807) is 23.2 Å². The fourth-order valence-corrected chi connectivity index (χ4v) is 4.11. The van der Waals surface area contributed by atoms with Crippen LogP contribution in [0.1, 0.15) is 23.3 Å². The maximum absolute atomic E-state index is 13.9. The summed E-state index contributed by atoms with van der Waals surface area (Å²) in [6.45, 7) is 1.53. The van der Waals surface area contributed by atoms with Gasteiger partial charge < -0.3 is 14.8 Å². The van der Waals surface area contributed by atoms with E-state index in [0.29, 0.717) is 17.8 Å². The van der Waals surface area contributed by atoms with Gasteiger partial charge >= 0.3 is 0 Å². The summed E-state index contributed by atoms with van der Waals surface area (Å²) in [6.07, 6.45) is 5.17. The van der Waals surface area contributed by atoms with Crippen LogP contribution in [0.4, 0.5) is 9.52 Å². The van der Waals surface area contributed by atoms with Gasteiger partial charge in [0.25, 0.3) is 5.91 Å². The van der Waals surface area contributed by atoms with E-state index in [-0.39, 0.29) is 17.8 Å². The van der Waals surface area contributed by atoms with Crippen LogP contribution in [0.15, 0.2) is 30.7 Å². The summed E-state index contributed by atoms with van der Waals surface area (Å²) in [7, 11) is 1.83. The van der Waals surface area contributed by atoms with Gasteiger partial charge in [-0.3, -0.25) is 4.79 Å². The number of imidazole rings is 1. The Morgan fingerprint density at radius 1 is 1.44 bits per heavy atom. The number of rotatable bonds is 3. The fourth-order valence-electron chi connectivity index (χ4n) is 3.10. The molecule has 0 saturated carbocycles. The zero-order valence-corrected chi connectivity index (χ0v) is 14.6. The predicted octanol–water partition coefficient (Wildman–Crippen LogP) is 2.57. The number of amides is 1. The highest BCUT2D eigenvalue weighted by Gasteiger charge is 2.25. The van der Waals surface area contributed by atoms with Crippen LogP contribution in [0.25, 0.3) is 10.2 Å². The quantitative estimate of drug-likeness (QED) is 0.781. The van der Waals surface area contributed by atoms with Crippen LogP contribution in [0.3, 0.4) is 0 Å². The van der Waals surface area contributed by atoms with Gasteiger partial charge in [0, 0.05) is 32.4 Å². The number of fused-ring (bicyclic) bond motifs is 1. The molecule has 0 spiro atoms. The molecule has 1 N–H and O–H groups in total. The van der Waals surface area contributed by atoms with Crippen molar-refractivity contribution in [2.24, 2.45) is 7.05 Å². The number of nitrogens with one attached hydrogen (secondary N) is 1. The molecule has 1 aromatic carbocycles. The predicted molar refractivity (Wildman–Crippen MR) is 95.5 cm³/mol. The number of para-hydroxylation sites is 1. The van der Waals surface area contributed by atoms with Gasteiger partial charge in [-0.15, -0.1) is 0 Å². The first-order chi connectivity index (χ1) is 12.1. The number of carbonyl (C=O) groups excluding carboxylic acids is 1. The Morgan fingerprint density at radius 2 is 2.32 bits per heavy atom. The third kappa shape index (κ3) is 3.21. The molecule has 2 aromatic heterocycles. The summed E-state index contributed by atoms with van der Waals surface area (Å²) in [5.41, 5.74) is 0.837. The molecule has 1 atom stereocenters. The highest BCUT2D eigenvalue weighted by Crippen LogP contribution is 2.31. The lowest BCUT2D eigenvalue weighted by molar-refractivity contribution is 0.0928. The number of hydrogen-bond donors (Lipinski definition) is 1. The number of thiazole rings is 1. The van der Waals surface area contributed by atoms with Gasteiger partial charge in [0.1, 0.15) is 17.0 Å². The topological polar surface area (TPSA) is 63.1 Å². The highest BCUT2D eigenvalue weighted by atomic mass is 32.1. The Labute approximate surface area is 148 Å². The third-order valence-corrected chi connectivity index (χ3v) is 5.40. The summed E-state index contributed by atoms with van der Waals surface area (Å²) >= 11 is 1.49. The molecule has 1 unspecified atom stereocenters. The molecule has 0 bridgehead atoms. The Balaban J connectivity index is 1.48. The van der Waals surface area contributed by atoms with Crippen LogP contribution < -0.4 is 10.2 Å². The van der Waals surface area contributed by atoms with E-state index in [1.165, 1.54) is 17.4 Å². The summed E-state index contributed by atoms with van der Waals surface area (Å²) < 4.78 is 16.5. The zero-order chi connectivity index (χ0) is 17.4. The molecule has 1 aliphatic rings. The molecule has 6 nitrogen and oxygen atoms in total. The largest absolute Gasteiger partial charge is 0.346 e. The number of benzene rings is 1. The van der Waals surface area contributed by atoms with Crippen molar-refractivity contribution in [3.8, 4) is 0 Å². The molecule has 0 aliphatic carbocycles. The number of piperidine rings is 1. The lowest BCUT2D eigenvalue weighted by atomic mass is 10.1. The molecule has 4 rings (SSSR count). The van der Waals surface area contributed by atoms with E-state index in [0.717, 1.165) is 29.2 Å². The number of halogens is 1. The van der Waals surface area contributed by atoms with Crippen LogP contribution in [0, 0.1) is 5.82 Å². The monoisotopic (exact) mass is 359 g/mol. The van der Waals surface area contributed by atoms with Gasteiger partial charge in [-0.05, 0) is 25.0 Å². The summed E-state index contributed by atoms with van der Waals surface area (Å²) in [5.74, 6) is -0.459. The van der Waals surface area contributed by atoms with Crippen molar-refractivity contribution in [2.75, 3.05) is 18.0 Å². The molecule has 1 aliphatic heterocycles. The van der Waals surface area contributed by atoms with Crippen molar-refractivity contribution < 1.29 is 9.18 Å². The smallest absolute Gasteiger partial charge is 0.271 e. The Kier molecular flexibility index (Phi) is 4.12. The Hall–Kier alpha value is -2.48. The van der Waals surface area contributed by atoms with E-state index in [1.807, 2.05) is 13.1 Å². The zero-order valence-electron chi connectivity index (χ0n) is 13.8. The average Bonchev–Trinajstić information content (AvgIpc) is 3.22. The Bertz CT molecular complexity index is 921. The normalized spacial score (nSPS) is 17.8.